The molecule has 0 bridgehead atoms. The average molecular weight is 409 g/mol. The fraction of sp³-hybridized carbons (Fsp3) is 0.522. The maximum absolute atomic E-state index is 12.6. The van der Waals surface area contributed by atoms with Gasteiger partial charge in [0, 0.05) is 24.8 Å². The number of amides is 1. The Morgan fingerprint density at radius 1 is 1.17 bits per heavy atom. The van der Waals surface area contributed by atoms with Gasteiger partial charge >= 0.3 is 0 Å². The summed E-state index contributed by atoms with van der Waals surface area (Å²) in [6.07, 6.45) is 4.26. The first-order valence-corrected chi connectivity index (χ1v) is 10.9. The van der Waals surface area contributed by atoms with E-state index in [2.05, 4.69) is 26.9 Å². The molecule has 160 valence electrons. The lowest BCUT2D eigenvalue weighted by atomic mass is 10.1. The molecule has 1 aromatic carbocycles. The third-order valence-electron chi connectivity index (χ3n) is 6.01. The van der Waals surface area contributed by atoms with E-state index >= 15 is 0 Å². The number of piperidine rings is 1. The van der Waals surface area contributed by atoms with E-state index in [1.807, 2.05) is 49.7 Å². The van der Waals surface area contributed by atoms with Crippen LogP contribution in [0.5, 0.6) is 0 Å². The topological polar surface area (TPSA) is 68.0 Å². The number of anilines is 1. The second kappa shape index (κ2) is 8.60. The Morgan fingerprint density at radius 2 is 1.93 bits per heavy atom. The molecule has 1 aliphatic rings. The van der Waals surface area contributed by atoms with Gasteiger partial charge in [0.25, 0.3) is 0 Å². The van der Waals surface area contributed by atoms with E-state index in [0.29, 0.717) is 6.42 Å². The van der Waals surface area contributed by atoms with Crippen molar-refractivity contribution >= 4 is 22.6 Å². The van der Waals surface area contributed by atoms with E-state index in [-0.39, 0.29) is 11.9 Å². The quantitative estimate of drug-likeness (QED) is 0.670. The van der Waals surface area contributed by atoms with Crippen LogP contribution in [0, 0.1) is 13.8 Å². The summed E-state index contributed by atoms with van der Waals surface area (Å²) in [5, 5.41) is 7.52. The highest BCUT2D eigenvalue weighted by atomic mass is 16.1. The number of likely N-dealkylation sites (tertiary alicyclic amines) is 1. The van der Waals surface area contributed by atoms with Crippen molar-refractivity contribution in [3.05, 3.63) is 41.5 Å². The van der Waals surface area contributed by atoms with Crippen LogP contribution < -0.4 is 5.32 Å². The predicted octanol–water partition coefficient (Wildman–Crippen LogP) is 3.96. The molecule has 1 amide bonds. The SMILES string of the molecule is Cc1cc(C)n([C@@H](C)CC(=O)Nc2ccc3c(c2)nc(CN2CCCCC2)n3C)n1. The molecule has 0 saturated carbocycles. The first-order chi connectivity index (χ1) is 14.4. The maximum atomic E-state index is 12.6. The smallest absolute Gasteiger partial charge is 0.226 e. The van der Waals surface area contributed by atoms with Gasteiger partial charge in [0.1, 0.15) is 5.82 Å². The number of aromatic nitrogens is 4. The number of fused-ring (bicyclic) bond motifs is 1. The van der Waals surface area contributed by atoms with Gasteiger partial charge in [-0.2, -0.15) is 5.10 Å². The third-order valence-corrected chi connectivity index (χ3v) is 6.01. The number of carbonyl (C=O) groups is 1. The first kappa shape index (κ1) is 20.6. The van der Waals surface area contributed by atoms with Crippen LogP contribution in [-0.2, 0) is 18.4 Å². The van der Waals surface area contributed by atoms with Gasteiger partial charge in [-0.25, -0.2) is 4.98 Å². The van der Waals surface area contributed by atoms with Crippen molar-refractivity contribution in [3.63, 3.8) is 0 Å². The molecule has 30 heavy (non-hydrogen) atoms. The highest BCUT2D eigenvalue weighted by molar-refractivity contribution is 5.93. The molecule has 1 saturated heterocycles. The highest BCUT2D eigenvalue weighted by Gasteiger charge is 2.17. The van der Waals surface area contributed by atoms with Crippen LogP contribution in [0.3, 0.4) is 0 Å². The molecule has 0 radical (unpaired) electrons. The minimum atomic E-state index is -0.0149. The standard InChI is InChI=1S/C23H32N6O/c1-16-12-17(2)29(26-16)18(3)13-23(30)24-19-8-9-21-20(14-19)25-22(27(21)4)15-28-10-6-5-7-11-28/h8-9,12,14,18H,5-7,10-11,13,15H2,1-4H3,(H,24,30)/t18-/m0/s1. The zero-order valence-electron chi connectivity index (χ0n) is 18.5. The Morgan fingerprint density at radius 3 is 2.63 bits per heavy atom. The van der Waals surface area contributed by atoms with E-state index in [9.17, 15) is 4.79 Å². The van der Waals surface area contributed by atoms with Gasteiger partial charge in [-0.05, 0) is 71.0 Å². The van der Waals surface area contributed by atoms with E-state index in [0.717, 1.165) is 53.6 Å². The first-order valence-electron chi connectivity index (χ1n) is 10.9. The number of hydrogen-bond donors (Lipinski definition) is 1. The summed E-state index contributed by atoms with van der Waals surface area (Å²) in [5.74, 6) is 1.06. The predicted molar refractivity (Wildman–Crippen MR) is 120 cm³/mol. The molecule has 4 rings (SSSR count). The fourth-order valence-corrected chi connectivity index (χ4v) is 4.45. The minimum Gasteiger partial charge on any atom is -0.330 e. The van der Waals surface area contributed by atoms with Crippen LogP contribution in [0.4, 0.5) is 5.69 Å². The summed E-state index contributed by atoms with van der Waals surface area (Å²) in [5.41, 5.74) is 4.85. The van der Waals surface area contributed by atoms with Gasteiger partial charge in [-0.3, -0.25) is 14.4 Å². The van der Waals surface area contributed by atoms with Crippen LogP contribution in [0.25, 0.3) is 11.0 Å². The molecule has 7 heteroatoms. The summed E-state index contributed by atoms with van der Waals surface area (Å²) in [7, 11) is 2.07. The van der Waals surface area contributed by atoms with Crippen molar-refractivity contribution < 1.29 is 4.79 Å². The summed E-state index contributed by atoms with van der Waals surface area (Å²) >= 11 is 0. The highest BCUT2D eigenvalue weighted by Crippen LogP contribution is 2.22. The number of rotatable bonds is 6. The van der Waals surface area contributed by atoms with Crippen LogP contribution in [0.2, 0.25) is 0 Å². The monoisotopic (exact) mass is 408 g/mol. The van der Waals surface area contributed by atoms with Crippen molar-refractivity contribution in [1.82, 2.24) is 24.2 Å². The Balaban J connectivity index is 1.44. The molecule has 0 aliphatic carbocycles. The lowest BCUT2D eigenvalue weighted by Crippen LogP contribution is -2.30. The summed E-state index contributed by atoms with van der Waals surface area (Å²) in [6.45, 7) is 9.19. The molecule has 1 atom stereocenters. The molecular formula is C23H32N6O. The second-order valence-corrected chi connectivity index (χ2v) is 8.60. The van der Waals surface area contributed by atoms with Gasteiger partial charge < -0.3 is 9.88 Å². The zero-order chi connectivity index (χ0) is 21.3. The summed E-state index contributed by atoms with van der Waals surface area (Å²) in [4.78, 5) is 19.9. The zero-order valence-corrected chi connectivity index (χ0v) is 18.5. The van der Waals surface area contributed by atoms with Crippen molar-refractivity contribution in [2.75, 3.05) is 18.4 Å². The molecule has 1 fully saturated rings. The van der Waals surface area contributed by atoms with Gasteiger partial charge in [-0.15, -0.1) is 0 Å². The third kappa shape index (κ3) is 4.41. The number of imidazole rings is 1. The Hall–Kier alpha value is -2.67. The van der Waals surface area contributed by atoms with Gasteiger partial charge in [0.15, 0.2) is 0 Å². The molecule has 1 N–H and O–H groups in total. The number of carbonyl (C=O) groups excluding carboxylic acids is 1. The van der Waals surface area contributed by atoms with Crippen molar-refractivity contribution in [2.45, 2.75) is 59.0 Å². The van der Waals surface area contributed by atoms with Gasteiger partial charge in [0.2, 0.25) is 5.91 Å². The van der Waals surface area contributed by atoms with E-state index in [4.69, 9.17) is 4.98 Å². The second-order valence-electron chi connectivity index (χ2n) is 8.60. The molecule has 3 aromatic rings. The lowest BCUT2D eigenvalue weighted by Gasteiger charge is -2.25. The minimum absolute atomic E-state index is 0.00780. The molecule has 0 unspecified atom stereocenters. The lowest BCUT2D eigenvalue weighted by molar-refractivity contribution is -0.116. The molecule has 2 aromatic heterocycles. The summed E-state index contributed by atoms with van der Waals surface area (Å²) in [6, 6.07) is 8.02. The summed E-state index contributed by atoms with van der Waals surface area (Å²) < 4.78 is 4.09. The number of aryl methyl sites for hydroxylation is 3. The Bertz CT molecular complexity index is 1040. The molecule has 0 spiro atoms. The molecular weight excluding hydrogens is 376 g/mol. The van der Waals surface area contributed by atoms with Crippen molar-refractivity contribution in [3.8, 4) is 0 Å². The van der Waals surface area contributed by atoms with Gasteiger partial charge in [-0.1, -0.05) is 6.42 Å². The van der Waals surface area contributed by atoms with Gasteiger partial charge in [0.05, 0.1) is 29.3 Å². The normalized spacial score (nSPS) is 16.1. The molecule has 7 nitrogen and oxygen atoms in total. The van der Waals surface area contributed by atoms with Crippen LogP contribution in [0.1, 0.15) is 55.9 Å². The van der Waals surface area contributed by atoms with E-state index < -0.39 is 0 Å². The van der Waals surface area contributed by atoms with Crippen LogP contribution >= 0.6 is 0 Å². The maximum Gasteiger partial charge on any atom is 0.226 e. The number of hydrogen-bond acceptors (Lipinski definition) is 4. The van der Waals surface area contributed by atoms with Crippen molar-refractivity contribution in [1.29, 1.82) is 0 Å². The number of benzene rings is 1. The fourth-order valence-electron chi connectivity index (χ4n) is 4.45. The van der Waals surface area contributed by atoms with Crippen LogP contribution in [0.15, 0.2) is 24.3 Å². The number of nitrogens with zero attached hydrogens (tertiary/aromatic N) is 5. The van der Waals surface area contributed by atoms with Crippen LogP contribution in [-0.4, -0.2) is 43.2 Å². The Labute approximate surface area is 178 Å². The van der Waals surface area contributed by atoms with E-state index in [1.54, 1.807) is 0 Å². The van der Waals surface area contributed by atoms with E-state index in [1.165, 1.54) is 19.3 Å². The van der Waals surface area contributed by atoms with Crippen molar-refractivity contribution in [2.24, 2.45) is 7.05 Å². The number of nitrogens with one attached hydrogen (secondary N) is 1. The molecule has 1 aliphatic heterocycles. The average Bonchev–Trinajstić information content (AvgIpc) is 3.20. The molecule has 3 heterocycles. The Kier molecular flexibility index (Phi) is 5.90. The largest absolute Gasteiger partial charge is 0.330 e.